The van der Waals surface area contributed by atoms with Gasteiger partial charge < -0.3 is 9.80 Å². The first kappa shape index (κ1) is 35.7. The molecule has 47 heavy (non-hydrogen) atoms. The zero-order chi connectivity index (χ0) is 34.1. The quantitative estimate of drug-likeness (QED) is 0.108. The molecule has 0 radical (unpaired) electrons. The van der Waals surface area contributed by atoms with Crippen molar-refractivity contribution < 1.29 is 26.7 Å². The van der Waals surface area contributed by atoms with E-state index in [0.717, 1.165) is 54.2 Å². The maximum absolute atomic E-state index is 14.3. The van der Waals surface area contributed by atoms with Gasteiger partial charge in [-0.15, -0.1) is 0 Å². The third kappa shape index (κ3) is 9.48. The van der Waals surface area contributed by atoms with E-state index < -0.39 is 28.9 Å². The fourth-order valence-electron chi connectivity index (χ4n) is 4.87. The summed E-state index contributed by atoms with van der Waals surface area (Å²) in [6, 6.07) is 16.0. The largest absolute Gasteiger partial charge is 0.416 e. The fourth-order valence-corrected chi connectivity index (χ4v) is 5.78. The van der Waals surface area contributed by atoms with Gasteiger partial charge in [0.05, 0.1) is 5.56 Å². The van der Waals surface area contributed by atoms with Crippen molar-refractivity contribution in [1.82, 2.24) is 24.6 Å². The summed E-state index contributed by atoms with van der Waals surface area (Å²) in [4.78, 5) is 34.4. The molecule has 0 N–H and O–H groups in total. The van der Waals surface area contributed by atoms with Gasteiger partial charge in [0.1, 0.15) is 12.2 Å². The number of likely N-dealkylation sites (N-methyl/N-ethyl adjacent to an activating group) is 1. The van der Waals surface area contributed by atoms with Gasteiger partial charge in [0.15, 0.2) is 16.8 Å². The van der Waals surface area contributed by atoms with Gasteiger partial charge in [-0.1, -0.05) is 81.1 Å². The van der Waals surface area contributed by atoms with E-state index in [-0.39, 0.29) is 41.2 Å². The average Bonchev–Trinajstić information content (AvgIpc) is 3.06. The third-order valence-electron chi connectivity index (χ3n) is 7.72. The van der Waals surface area contributed by atoms with Gasteiger partial charge in [-0.25, -0.2) is 13.5 Å². The van der Waals surface area contributed by atoms with E-state index >= 15 is 0 Å². The first-order chi connectivity index (χ1) is 22.4. The maximum Gasteiger partial charge on any atom is 0.416 e. The van der Waals surface area contributed by atoms with E-state index in [4.69, 9.17) is 0 Å². The summed E-state index contributed by atoms with van der Waals surface area (Å²) >= 11 is 0.983. The number of hydrogen-bond acceptors (Lipinski definition) is 6. The van der Waals surface area contributed by atoms with Crippen LogP contribution in [0, 0.1) is 11.6 Å². The van der Waals surface area contributed by atoms with Gasteiger partial charge in [0.2, 0.25) is 5.91 Å². The Labute approximate surface area is 274 Å². The Morgan fingerprint density at radius 3 is 2.13 bits per heavy atom. The molecular weight excluding hydrogens is 637 g/mol. The predicted molar refractivity (Wildman–Crippen MR) is 172 cm³/mol. The lowest BCUT2D eigenvalue weighted by Crippen LogP contribution is -2.40. The monoisotopic (exact) mass is 673 g/mol. The number of aryl methyl sites for hydroxylation is 1. The molecule has 0 saturated heterocycles. The Hall–Kier alpha value is -4.10. The molecule has 4 rings (SSSR count). The van der Waals surface area contributed by atoms with Crippen molar-refractivity contribution >= 4 is 17.7 Å². The molecule has 0 unspecified atom stereocenters. The Morgan fingerprint density at radius 2 is 1.53 bits per heavy atom. The highest BCUT2D eigenvalue weighted by Gasteiger charge is 2.30. The molecule has 0 bridgehead atoms. The summed E-state index contributed by atoms with van der Waals surface area (Å²) in [6.07, 6.45) is -4.12. The molecule has 0 atom stereocenters. The first-order valence-corrected chi connectivity index (χ1v) is 16.2. The number of halogens is 5. The van der Waals surface area contributed by atoms with Crippen LogP contribution in [0.5, 0.6) is 0 Å². The number of thioether (sulfide) groups is 1. The normalized spacial score (nSPS) is 11.7. The molecule has 13 heteroatoms. The molecule has 0 aliphatic rings. The molecule has 0 spiro atoms. The summed E-state index contributed by atoms with van der Waals surface area (Å²) in [7, 11) is 0. The van der Waals surface area contributed by atoms with Gasteiger partial charge in [-0.2, -0.15) is 23.3 Å². The summed E-state index contributed by atoms with van der Waals surface area (Å²) in [5, 5.41) is 4.50. The number of rotatable bonds is 14. The number of carbonyl (C=O) groups is 1. The molecule has 1 amide bonds. The van der Waals surface area contributed by atoms with E-state index in [1.54, 1.807) is 24.0 Å². The summed E-state index contributed by atoms with van der Waals surface area (Å²) < 4.78 is 68.4. The van der Waals surface area contributed by atoms with E-state index in [1.807, 2.05) is 26.0 Å². The molecule has 7 nitrogen and oxygen atoms in total. The van der Waals surface area contributed by atoms with Crippen molar-refractivity contribution in [2.75, 3.05) is 26.2 Å². The zero-order valence-electron chi connectivity index (χ0n) is 26.4. The molecule has 0 fully saturated rings. The number of nitrogens with zero attached hydrogens (tertiary/aromatic N) is 5. The minimum absolute atomic E-state index is 0.0334. The van der Waals surface area contributed by atoms with E-state index in [0.29, 0.717) is 25.1 Å². The van der Waals surface area contributed by atoms with Crippen LogP contribution in [0.3, 0.4) is 0 Å². The number of benzene rings is 3. The average molecular weight is 674 g/mol. The summed E-state index contributed by atoms with van der Waals surface area (Å²) in [5.41, 5.74) is 1.16. The topological polar surface area (TPSA) is 71.3 Å². The van der Waals surface area contributed by atoms with Crippen molar-refractivity contribution in [3.8, 4) is 11.1 Å². The van der Waals surface area contributed by atoms with Crippen LogP contribution in [0.15, 0.2) is 76.7 Å². The molecule has 4 aromatic rings. The number of amides is 1. The summed E-state index contributed by atoms with van der Waals surface area (Å²) in [6.45, 7) is 8.41. The predicted octanol–water partition coefficient (Wildman–Crippen LogP) is 6.83. The van der Waals surface area contributed by atoms with Gasteiger partial charge in [-0.3, -0.25) is 9.59 Å². The summed E-state index contributed by atoms with van der Waals surface area (Å²) in [5.74, 6) is -2.30. The molecule has 3 aromatic carbocycles. The van der Waals surface area contributed by atoms with Gasteiger partial charge in [0.25, 0.3) is 5.56 Å². The van der Waals surface area contributed by atoms with Crippen LogP contribution >= 0.6 is 11.8 Å². The molecule has 0 aliphatic heterocycles. The molecule has 0 saturated carbocycles. The number of aromatic nitrogens is 3. The molecule has 1 heterocycles. The smallest absolute Gasteiger partial charge is 0.335 e. The highest BCUT2D eigenvalue weighted by atomic mass is 32.2. The lowest BCUT2D eigenvalue weighted by Gasteiger charge is -2.27. The first-order valence-electron chi connectivity index (χ1n) is 15.2. The van der Waals surface area contributed by atoms with Crippen molar-refractivity contribution in [2.24, 2.45) is 0 Å². The fraction of sp³-hybridized carbons (Fsp3) is 0.353. The minimum atomic E-state index is -4.42. The Morgan fingerprint density at radius 1 is 0.894 bits per heavy atom. The van der Waals surface area contributed by atoms with Crippen molar-refractivity contribution in [3.05, 3.63) is 111 Å². The maximum atomic E-state index is 14.3. The van der Waals surface area contributed by atoms with Crippen molar-refractivity contribution in [3.63, 3.8) is 0 Å². The SMILES string of the molecule is CCc1nn(CC(=O)N(CCN(CC)CC)Cc2ccc(-c3ccc(C(F)(F)F)cc3)cc2)c(SCc2cccc(F)c2F)nc1=O. The number of alkyl halides is 3. The van der Waals surface area contributed by atoms with Crippen LogP contribution in [0.2, 0.25) is 0 Å². The Balaban J connectivity index is 1.56. The zero-order valence-corrected chi connectivity index (χ0v) is 27.2. The highest BCUT2D eigenvalue weighted by molar-refractivity contribution is 7.98. The number of hydrogen-bond donors (Lipinski definition) is 0. The second kappa shape index (κ2) is 16.1. The van der Waals surface area contributed by atoms with Crippen LogP contribution in [-0.4, -0.2) is 56.7 Å². The van der Waals surface area contributed by atoms with Crippen LogP contribution < -0.4 is 5.56 Å². The van der Waals surface area contributed by atoms with E-state index in [9.17, 15) is 31.5 Å². The van der Waals surface area contributed by atoms with Crippen LogP contribution in [0.4, 0.5) is 22.0 Å². The second-order valence-electron chi connectivity index (χ2n) is 10.8. The Bertz CT molecular complexity index is 1710. The minimum Gasteiger partial charge on any atom is -0.335 e. The van der Waals surface area contributed by atoms with Crippen LogP contribution in [0.25, 0.3) is 11.1 Å². The lowest BCUT2D eigenvalue weighted by molar-refractivity contribution is -0.137. The molecule has 250 valence electrons. The highest BCUT2D eigenvalue weighted by Crippen LogP contribution is 2.31. The van der Waals surface area contributed by atoms with Gasteiger partial charge in [0, 0.05) is 31.0 Å². The molecule has 1 aromatic heterocycles. The van der Waals surface area contributed by atoms with Gasteiger partial charge >= 0.3 is 6.18 Å². The molecule has 0 aliphatic carbocycles. The van der Waals surface area contributed by atoms with Gasteiger partial charge in [-0.05, 0) is 54.4 Å². The van der Waals surface area contributed by atoms with E-state index in [2.05, 4.69) is 15.0 Å². The standard InChI is InChI=1S/C34H36F5N5O2S/c1-4-29-32(46)40-33(47-22-26-8-7-9-28(35)31(26)36)44(41-29)21-30(45)43(19-18-42(5-2)6-3)20-23-10-12-24(13-11-23)25-14-16-27(17-15-25)34(37,38)39/h7-17H,4-6,18-22H2,1-3H3. The van der Waals surface area contributed by atoms with Crippen LogP contribution in [-0.2, 0) is 36.2 Å². The Kier molecular flexibility index (Phi) is 12.3. The third-order valence-corrected chi connectivity index (χ3v) is 8.74. The molecular formula is C34H36F5N5O2S. The van der Waals surface area contributed by atoms with Crippen molar-refractivity contribution in [1.29, 1.82) is 0 Å². The number of carbonyl (C=O) groups excluding carboxylic acids is 1. The van der Waals surface area contributed by atoms with E-state index in [1.165, 1.54) is 28.9 Å². The van der Waals surface area contributed by atoms with Crippen molar-refractivity contribution in [2.45, 2.75) is 57.4 Å². The van der Waals surface area contributed by atoms with Crippen LogP contribution in [0.1, 0.15) is 43.2 Å². The lowest BCUT2D eigenvalue weighted by atomic mass is 10.0. The second-order valence-corrected chi connectivity index (χ2v) is 11.7.